The van der Waals surface area contributed by atoms with Gasteiger partial charge in [-0.3, -0.25) is 4.99 Å². The molecule has 5 nitrogen and oxygen atoms in total. The number of ether oxygens (including phenoxy) is 1. The molecule has 0 bridgehead atoms. The number of nitrogens with zero attached hydrogens (tertiary/aromatic N) is 1. The Morgan fingerprint density at radius 1 is 0.886 bits per heavy atom. The van der Waals surface area contributed by atoms with E-state index < -0.39 is 33.2 Å². The van der Waals surface area contributed by atoms with Gasteiger partial charge in [0.05, 0.1) is 19.1 Å². The summed E-state index contributed by atoms with van der Waals surface area (Å²) in [6.45, 7) is 0. The van der Waals surface area contributed by atoms with Crippen molar-refractivity contribution in [2.45, 2.75) is 12.5 Å². The van der Waals surface area contributed by atoms with E-state index in [-0.39, 0.29) is 12.2 Å². The number of carbonyl (C=O) groups excluding carboxylic acids is 1. The second kappa shape index (κ2) is 14.0. The first-order valence-corrected chi connectivity index (χ1v) is 13.9. The van der Waals surface area contributed by atoms with Crippen LogP contribution in [0.3, 0.4) is 0 Å². The monoisotopic (exact) mass is 571 g/mol. The minimum atomic E-state index is -1.28. The second-order valence-corrected chi connectivity index (χ2v) is 11.6. The van der Waals surface area contributed by atoms with Gasteiger partial charge in [0, 0.05) is 12.6 Å². The Morgan fingerprint density at radius 2 is 1.43 bits per heavy atom. The van der Waals surface area contributed by atoms with Crippen molar-refractivity contribution in [2.24, 2.45) is 4.99 Å². The number of carbonyl (C=O) groups is 1. The zero-order chi connectivity index (χ0) is 24.9. The van der Waals surface area contributed by atoms with E-state index in [4.69, 9.17) is 4.74 Å². The first-order chi connectivity index (χ1) is 17.0. The van der Waals surface area contributed by atoms with E-state index in [0.717, 1.165) is 5.56 Å². The predicted molar refractivity (Wildman–Crippen MR) is 137 cm³/mol. The number of benzene rings is 4. The Bertz CT molecular complexity index is 1180. The third-order valence-electron chi connectivity index (χ3n) is 4.99. The van der Waals surface area contributed by atoms with Gasteiger partial charge in [0.15, 0.2) is 0 Å². The fraction of sp³-hybridized carbons (Fsp3) is 0.103. The molecule has 0 saturated carbocycles. The Morgan fingerprint density at radius 3 is 1.91 bits per heavy atom. The predicted octanol–water partition coefficient (Wildman–Crippen LogP) is 1.89. The van der Waals surface area contributed by atoms with E-state index >= 15 is 0 Å². The van der Waals surface area contributed by atoms with Gasteiger partial charge in [0.1, 0.15) is 5.75 Å². The maximum absolute atomic E-state index is 11.8. The number of carboxylic acid groups (broad SMARTS) is 1. The summed E-state index contributed by atoms with van der Waals surface area (Å²) in [5, 5.41) is 23.0. The third-order valence-corrected chi connectivity index (χ3v) is 8.55. The zero-order valence-corrected chi connectivity index (χ0v) is 22.2. The maximum atomic E-state index is 11.8. The van der Waals surface area contributed by atoms with Crippen LogP contribution in [0.4, 0.5) is 0 Å². The third kappa shape index (κ3) is 8.94. The first kappa shape index (κ1) is 26.0. The van der Waals surface area contributed by atoms with Crippen LogP contribution in [0.5, 0.6) is 11.5 Å². The summed E-state index contributed by atoms with van der Waals surface area (Å²) >= 11 is -0.517. The molecule has 0 aliphatic rings. The van der Waals surface area contributed by atoms with Crippen LogP contribution >= 0.6 is 0 Å². The van der Waals surface area contributed by atoms with E-state index in [1.807, 2.05) is 30.3 Å². The molecular weight excluding hydrogens is 545 g/mol. The standard InChI is InChI=1S/C17H17NO4.2C6H5.Sn/c1-22-14-8-7-13(16(19)10-14)11-18-15(17(20)21)9-12-5-3-2-4-6-12;2*1-2-4-6-5-3-1;/h2-8,10-11,15,19H,9H2,1H3,(H,20,21);2*1-5H;/q;;;+2/p-2/t15-;;;/m0.../s1. The van der Waals surface area contributed by atoms with Gasteiger partial charge >= 0.3 is 89.0 Å². The number of aliphatic imine (C=N–C) groups is 1. The van der Waals surface area contributed by atoms with Crippen molar-refractivity contribution >= 4 is 40.5 Å². The number of methoxy groups -OCH3 is 1. The SMILES string of the molecule is COc1ccc(C=N[C@@H](Cc2ccccc2)C(=O)[O-])c([O-])c1.c1cc[c]([Sn+2][c]2ccccc2)cc1. The first-order valence-electron chi connectivity index (χ1n) is 11.1. The van der Waals surface area contributed by atoms with Crippen molar-refractivity contribution < 1.29 is 19.7 Å². The molecule has 4 aromatic carbocycles. The van der Waals surface area contributed by atoms with Gasteiger partial charge in [0.25, 0.3) is 0 Å². The van der Waals surface area contributed by atoms with Gasteiger partial charge < -0.3 is 19.7 Å². The molecule has 0 saturated heterocycles. The minimum absolute atomic E-state index is 0.212. The van der Waals surface area contributed by atoms with Gasteiger partial charge in [0.2, 0.25) is 0 Å². The second-order valence-electron chi connectivity index (χ2n) is 7.56. The quantitative estimate of drug-likeness (QED) is 0.240. The molecule has 174 valence electrons. The molecule has 0 radical (unpaired) electrons. The van der Waals surface area contributed by atoms with Gasteiger partial charge in [-0.1, -0.05) is 42.1 Å². The van der Waals surface area contributed by atoms with Crippen molar-refractivity contribution in [3.05, 3.63) is 120 Å². The van der Waals surface area contributed by atoms with E-state index in [1.165, 1.54) is 26.5 Å². The Hall–Kier alpha value is -3.58. The average molecular weight is 570 g/mol. The molecule has 0 amide bonds. The topological polar surface area (TPSA) is 84.8 Å². The molecule has 35 heavy (non-hydrogen) atoms. The number of hydrogen-bond acceptors (Lipinski definition) is 5. The van der Waals surface area contributed by atoms with Crippen LogP contribution in [0.1, 0.15) is 11.1 Å². The van der Waals surface area contributed by atoms with E-state index in [1.54, 1.807) is 12.1 Å². The summed E-state index contributed by atoms with van der Waals surface area (Å²) in [5.74, 6) is -1.11. The van der Waals surface area contributed by atoms with Gasteiger partial charge in [-0.2, -0.15) is 0 Å². The molecule has 0 aliphatic heterocycles. The fourth-order valence-corrected chi connectivity index (χ4v) is 6.16. The normalized spacial score (nSPS) is 11.1. The summed E-state index contributed by atoms with van der Waals surface area (Å²) in [6.07, 6.45) is 1.48. The molecule has 6 heteroatoms. The summed E-state index contributed by atoms with van der Waals surface area (Å²) in [5.41, 5.74) is 1.14. The number of rotatable bonds is 8. The van der Waals surface area contributed by atoms with Gasteiger partial charge in [-0.05, 0) is 23.3 Å². The van der Waals surface area contributed by atoms with E-state index in [2.05, 4.69) is 65.7 Å². The summed E-state index contributed by atoms with van der Waals surface area (Å²) in [6, 6.07) is 34.2. The molecule has 0 unspecified atom stereocenters. The number of hydrogen-bond donors (Lipinski definition) is 0. The number of carboxylic acids is 1. The van der Waals surface area contributed by atoms with Crippen LogP contribution in [0.15, 0.2) is 114 Å². The molecular formula is C29H25NO4Sn. The van der Waals surface area contributed by atoms with Crippen LogP contribution in [0.2, 0.25) is 0 Å². The molecule has 0 N–H and O–H groups in total. The van der Waals surface area contributed by atoms with Crippen LogP contribution in [-0.4, -0.2) is 46.5 Å². The average Bonchev–Trinajstić information content (AvgIpc) is 2.89. The van der Waals surface area contributed by atoms with Crippen LogP contribution in [0.25, 0.3) is 0 Å². The van der Waals surface area contributed by atoms with E-state index in [0.29, 0.717) is 11.3 Å². The van der Waals surface area contributed by atoms with Crippen LogP contribution < -0.4 is 22.1 Å². The van der Waals surface area contributed by atoms with Crippen molar-refractivity contribution in [2.75, 3.05) is 7.11 Å². The molecule has 0 aromatic heterocycles. The summed E-state index contributed by atoms with van der Waals surface area (Å²) < 4.78 is 8.02. The summed E-state index contributed by atoms with van der Waals surface area (Å²) in [7, 11) is 1.47. The Kier molecular flexibility index (Phi) is 10.4. The van der Waals surface area contributed by atoms with Crippen LogP contribution in [0, 0.1) is 0 Å². The fourth-order valence-electron chi connectivity index (χ4n) is 3.16. The molecule has 0 heterocycles. The van der Waals surface area contributed by atoms with Gasteiger partial charge in [-0.15, -0.1) is 0 Å². The van der Waals surface area contributed by atoms with Crippen LogP contribution in [-0.2, 0) is 11.2 Å². The summed E-state index contributed by atoms with van der Waals surface area (Å²) in [4.78, 5) is 15.2. The van der Waals surface area contributed by atoms with E-state index in [9.17, 15) is 15.0 Å². The molecule has 0 spiro atoms. The van der Waals surface area contributed by atoms with Crippen molar-refractivity contribution in [3.8, 4) is 11.5 Å². The molecule has 1 atom stereocenters. The van der Waals surface area contributed by atoms with Crippen molar-refractivity contribution in [3.63, 3.8) is 0 Å². The molecule has 0 aliphatic carbocycles. The molecule has 4 aromatic rings. The molecule has 0 fully saturated rings. The number of aliphatic carboxylic acids is 1. The Labute approximate surface area is 216 Å². The molecule has 4 rings (SSSR count). The van der Waals surface area contributed by atoms with Crippen molar-refractivity contribution in [1.82, 2.24) is 0 Å². The van der Waals surface area contributed by atoms with Gasteiger partial charge in [-0.25, -0.2) is 0 Å². The van der Waals surface area contributed by atoms with Crippen molar-refractivity contribution in [1.29, 1.82) is 0 Å². The Balaban J connectivity index is 0.000000223. The zero-order valence-electron chi connectivity index (χ0n) is 19.3.